The molecule has 3 aromatic rings. The number of methoxy groups -OCH3 is 1. The molecule has 2 aromatic heterocycles. The Morgan fingerprint density at radius 1 is 1.26 bits per heavy atom. The second-order valence-electron chi connectivity index (χ2n) is 7.22. The molecule has 0 bridgehead atoms. The molecule has 0 aliphatic rings. The predicted octanol–water partition coefficient (Wildman–Crippen LogP) is 3.69. The predicted molar refractivity (Wildman–Crippen MR) is 135 cm³/mol. The molecule has 3 rings (SSSR count). The number of pyridine rings is 2. The molecule has 2 unspecified atom stereocenters. The first kappa shape index (κ1) is 25.5. The van der Waals surface area contributed by atoms with E-state index in [1.807, 2.05) is 13.8 Å². The van der Waals surface area contributed by atoms with Crippen LogP contribution in [-0.4, -0.2) is 39.9 Å². The van der Waals surface area contributed by atoms with Crippen molar-refractivity contribution >= 4 is 42.0 Å². The number of nitrogens with zero attached hydrogens (tertiary/aromatic N) is 3. The van der Waals surface area contributed by atoms with Gasteiger partial charge in [-0.2, -0.15) is 0 Å². The molecule has 34 heavy (non-hydrogen) atoms. The Balaban J connectivity index is 1.85. The van der Waals surface area contributed by atoms with E-state index in [0.717, 1.165) is 23.5 Å². The fourth-order valence-corrected chi connectivity index (χ4v) is 4.87. The fraction of sp³-hybridized carbons (Fsp3) is 0.217. The number of anilines is 1. The number of aromatic nitrogens is 2. The molecule has 1 N–H and O–H groups in total. The van der Waals surface area contributed by atoms with Gasteiger partial charge < -0.3 is 14.2 Å². The first-order valence-corrected chi connectivity index (χ1v) is 12.5. The number of hydrogen-bond donors (Lipinski definition) is 1. The SMILES string of the molecule is C=S(=O)(Nc1ccc(F)c(COc2cnc(C=NCC)c(C)c2)c1P)c1cc(F)cnc1OC. The van der Waals surface area contributed by atoms with Gasteiger partial charge in [0.1, 0.15) is 28.9 Å². The van der Waals surface area contributed by atoms with Crippen molar-refractivity contribution in [3.05, 3.63) is 65.1 Å². The Morgan fingerprint density at radius 3 is 2.71 bits per heavy atom. The summed E-state index contributed by atoms with van der Waals surface area (Å²) in [7, 11) is 0.444. The number of ether oxygens (including phenoxy) is 2. The summed E-state index contributed by atoms with van der Waals surface area (Å²) in [5, 5.41) is 0.385. The highest BCUT2D eigenvalue weighted by Gasteiger charge is 2.19. The minimum atomic E-state index is -3.29. The van der Waals surface area contributed by atoms with Gasteiger partial charge in [0.15, 0.2) is 0 Å². The van der Waals surface area contributed by atoms with E-state index < -0.39 is 21.3 Å². The van der Waals surface area contributed by atoms with Gasteiger partial charge in [-0.3, -0.25) is 9.98 Å². The maximum atomic E-state index is 14.6. The standard InChI is InChI=1S/C23H25F2N4O3PS/c1-5-26-12-20-14(2)8-16(11-27-20)32-13-17-18(25)6-7-19(22(17)33)29-34(4,30)21-9-15(24)10-28-23(21)31-3/h6-12H,4-5,13,33H2,1-3H3,(H,29,30). The number of hydrogen-bond acceptors (Lipinski definition) is 6. The lowest BCUT2D eigenvalue weighted by molar-refractivity contribution is 0.299. The number of halogens is 2. The second-order valence-corrected chi connectivity index (χ2v) is 9.79. The highest BCUT2D eigenvalue weighted by Crippen LogP contribution is 2.26. The summed E-state index contributed by atoms with van der Waals surface area (Å²) in [6, 6.07) is 5.46. The Morgan fingerprint density at radius 2 is 2.03 bits per heavy atom. The van der Waals surface area contributed by atoms with E-state index in [9.17, 15) is 13.0 Å². The van der Waals surface area contributed by atoms with Gasteiger partial charge in [0.2, 0.25) is 5.88 Å². The molecule has 7 nitrogen and oxygen atoms in total. The molecule has 0 aliphatic heterocycles. The molecular formula is C23H25F2N4O3PS. The number of aliphatic imine (C=N–C) groups is 1. The van der Waals surface area contributed by atoms with Crippen LogP contribution in [0, 0.1) is 18.6 Å². The van der Waals surface area contributed by atoms with Crippen LogP contribution in [-0.2, 0) is 16.3 Å². The molecule has 2 heterocycles. The van der Waals surface area contributed by atoms with Crippen molar-refractivity contribution in [2.45, 2.75) is 25.3 Å². The lowest BCUT2D eigenvalue weighted by Gasteiger charge is -2.18. The Kier molecular flexibility index (Phi) is 8.17. The zero-order chi connectivity index (χ0) is 24.9. The zero-order valence-electron chi connectivity index (χ0n) is 19.0. The number of nitrogens with one attached hydrogen (secondary N) is 1. The topological polar surface area (TPSA) is 85.7 Å². The van der Waals surface area contributed by atoms with Crippen molar-refractivity contribution in [3.63, 3.8) is 0 Å². The lowest BCUT2D eigenvalue weighted by atomic mass is 10.2. The Labute approximate surface area is 200 Å². The highest BCUT2D eigenvalue weighted by molar-refractivity contribution is 8.01. The maximum absolute atomic E-state index is 14.6. The van der Waals surface area contributed by atoms with Gasteiger partial charge in [-0.25, -0.2) is 18.0 Å². The van der Waals surface area contributed by atoms with Gasteiger partial charge in [0.25, 0.3) is 0 Å². The van der Waals surface area contributed by atoms with Crippen LogP contribution in [0.15, 0.2) is 46.5 Å². The zero-order valence-corrected chi connectivity index (χ0v) is 20.9. The van der Waals surface area contributed by atoms with Crippen LogP contribution < -0.4 is 19.5 Å². The van der Waals surface area contributed by atoms with E-state index in [1.54, 1.807) is 18.5 Å². The molecule has 0 saturated heterocycles. The van der Waals surface area contributed by atoms with E-state index in [0.29, 0.717) is 23.3 Å². The van der Waals surface area contributed by atoms with E-state index >= 15 is 0 Å². The number of aryl methyl sites for hydroxylation is 1. The summed E-state index contributed by atoms with van der Waals surface area (Å²) in [4.78, 5) is 12.2. The molecule has 11 heteroatoms. The van der Waals surface area contributed by atoms with Gasteiger partial charge in [-0.1, -0.05) is 0 Å². The monoisotopic (exact) mass is 506 g/mol. The minimum absolute atomic E-state index is 0.0276. The van der Waals surface area contributed by atoms with Gasteiger partial charge in [-0.15, -0.1) is 9.24 Å². The van der Waals surface area contributed by atoms with E-state index in [-0.39, 0.29) is 22.9 Å². The average molecular weight is 507 g/mol. The largest absolute Gasteiger partial charge is 0.487 e. The molecule has 0 saturated carbocycles. The van der Waals surface area contributed by atoms with Gasteiger partial charge >= 0.3 is 0 Å². The van der Waals surface area contributed by atoms with Crippen LogP contribution in [0.5, 0.6) is 11.6 Å². The van der Waals surface area contributed by atoms with E-state index in [1.165, 1.54) is 19.2 Å². The Bertz CT molecular complexity index is 1330. The number of rotatable bonds is 9. The second kappa shape index (κ2) is 10.9. The maximum Gasteiger partial charge on any atom is 0.231 e. The molecule has 0 aliphatic carbocycles. The van der Waals surface area contributed by atoms with E-state index in [2.05, 4.69) is 34.8 Å². The van der Waals surface area contributed by atoms with E-state index in [4.69, 9.17) is 9.47 Å². The molecule has 2 atom stereocenters. The van der Waals surface area contributed by atoms with Crippen molar-refractivity contribution in [1.29, 1.82) is 0 Å². The van der Waals surface area contributed by atoms with Crippen LogP contribution in [0.25, 0.3) is 0 Å². The molecule has 0 amide bonds. The van der Waals surface area contributed by atoms with Crippen LogP contribution in [0.2, 0.25) is 0 Å². The quantitative estimate of drug-likeness (QED) is 0.272. The first-order chi connectivity index (χ1) is 16.2. The molecular weight excluding hydrogens is 481 g/mol. The molecule has 0 spiro atoms. The van der Waals surface area contributed by atoms with Crippen molar-refractivity contribution < 1.29 is 22.5 Å². The Hall–Kier alpha value is -3.10. The molecule has 180 valence electrons. The van der Waals surface area contributed by atoms with Gasteiger partial charge in [-0.05, 0) is 49.5 Å². The summed E-state index contributed by atoms with van der Waals surface area (Å²) in [5.41, 5.74) is 2.14. The first-order valence-electron chi connectivity index (χ1n) is 10.2. The van der Waals surface area contributed by atoms with Crippen LogP contribution in [0.3, 0.4) is 0 Å². The summed E-state index contributed by atoms with van der Waals surface area (Å²) in [5.74, 6) is 2.93. The van der Waals surface area contributed by atoms with Gasteiger partial charge in [0, 0.05) is 23.6 Å². The van der Waals surface area contributed by atoms with Crippen LogP contribution in [0.4, 0.5) is 14.5 Å². The lowest BCUT2D eigenvalue weighted by Crippen LogP contribution is -2.20. The summed E-state index contributed by atoms with van der Waals surface area (Å²) >= 11 is 0. The van der Waals surface area contributed by atoms with Crippen LogP contribution >= 0.6 is 9.24 Å². The van der Waals surface area contributed by atoms with Crippen molar-refractivity contribution in [1.82, 2.24) is 9.97 Å². The normalized spacial score (nSPS) is 13.0. The molecule has 0 radical (unpaired) electrons. The molecule has 0 fully saturated rings. The third-order valence-corrected chi connectivity index (χ3v) is 6.99. The smallest absolute Gasteiger partial charge is 0.231 e. The average Bonchev–Trinajstić information content (AvgIpc) is 2.80. The third kappa shape index (κ3) is 5.87. The third-order valence-electron chi connectivity index (χ3n) is 4.78. The van der Waals surface area contributed by atoms with Crippen molar-refractivity contribution in [3.8, 4) is 11.6 Å². The highest BCUT2D eigenvalue weighted by atomic mass is 32.2. The van der Waals surface area contributed by atoms with Gasteiger partial charge in [0.05, 0.1) is 40.6 Å². The molecule has 1 aromatic carbocycles. The summed E-state index contributed by atoms with van der Waals surface area (Å²) in [6.45, 7) is 4.36. The fourth-order valence-electron chi connectivity index (χ4n) is 3.01. The summed E-state index contributed by atoms with van der Waals surface area (Å²) in [6.07, 6.45) is 4.18. The van der Waals surface area contributed by atoms with Crippen molar-refractivity contribution in [2.75, 3.05) is 18.4 Å². The minimum Gasteiger partial charge on any atom is -0.487 e. The number of benzene rings is 1. The van der Waals surface area contributed by atoms with Crippen molar-refractivity contribution in [2.24, 2.45) is 4.99 Å². The summed E-state index contributed by atoms with van der Waals surface area (Å²) < 4.78 is 55.3. The van der Waals surface area contributed by atoms with Crippen LogP contribution in [0.1, 0.15) is 23.7 Å².